The largest absolute Gasteiger partial charge is 0.493 e. The number of aryl methyl sites for hydroxylation is 1. The second-order valence-electron chi connectivity index (χ2n) is 3.77. The minimum Gasteiger partial charge on any atom is -0.493 e. The van der Waals surface area contributed by atoms with Crippen LogP contribution in [0.3, 0.4) is 0 Å². The molecule has 0 aliphatic heterocycles. The molecular formula is C14H21NO. The molecule has 0 saturated heterocycles. The Balaban J connectivity index is 2.72. The Kier molecular flexibility index (Phi) is 5.65. The molecule has 88 valence electrons. The molecule has 1 aromatic carbocycles. The Morgan fingerprint density at radius 2 is 2.25 bits per heavy atom. The van der Waals surface area contributed by atoms with Crippen molar-refractivity contribution in [1.29, 1.82) is 0 Å². The van der Waals surface area contributed by atoms with Crippen molar-refractivity contribution in [3.63, 3.8) is 0 Å². The molecule has 2 nitrogen and oxygen atoms in total. The molecule has 0 amide bonds. The lowest BCUT2D eigenvalue weighted by molar-refractivity contribution is 0.318. The van der Waals surface area contributed by atoms with Gasteiger partial charge in [-0.1, -0.05) is 31.2 Å². The van der Waals surface area contributed by atoms with Crippen LogP contribution in [0.15, 0.2) is 30.9 Å². The van der Waals surface area contributed by atoms with Gasteiger partial charge in [-0.2, -0.15) is 0 Å². The topological polar surface area (TPSA) is 21.3 Å². The highest BCUT2D eigenvalue weighted by molar-refractivity contribution is 5.40. The third-order valence-corrected chi connectivity index (χ3v) is 2.43. The lowest BCUT2D eigenvalue weighted by Crippen LogP contribution is -2.13. The van der Waals surface area contributed by atoms with Gasteiger partial charge in [0.05, 0.1) is 6.61 Å². The summed E-state index contributed by atoms with van der Waals surface area (Å²) in [4.78, 5) is 0. The van der Waals surface area contributed by atoms with Gasteiger partial charge in [0.25, 0.3) is 0 Å². The van der Waals surface area contributed by atoms with Crippen LogP contribution >= 0.6 is 0 Å². The fourth-order valence-electron chi connectivity index (χ4n) is 1.56. The van der Waals surface area contributed by atoms with Crippen LogP contribution in [0.1, 0.15) is 24.5 Å². The highest BCUT2D eigenvalue weighted by Crippen LogP contribution is 2.23. The van der Waals surface area contributed by atoms with Crippen LogP contribution < -0.4 is 10.1 Å². The Morgan fingerprint density at radius 1 is 1.44 bits per heavy atom. The molecule has 1 aromatic rings. The Labute approximate surface area is 98.3 Å². The lowest BCUT2D eigenvalue weighted by atomic mass is 10.1. The molecule has 0 unspecified atom stereocenters. The van der Waals surface area contributed by atoms with E-state index >= 15 is 0 Å². The van der Waals surface area contributed by atoms with Gasteiger partial charge in [0.1, 0.15) is 5.75 Å². The molecule has 0 radical (unpaired) electrons. The Bertz CT molecular complexity index is 334. The second kappa shape index (κ2) is 7.07. The SMILES string of the molecule is C=CCCOc1c(C)cccc1CNCC. The van der Waals surface area contributed by atoms with Crippen LogP contribution in [0.25, 0.3) is 0 Å². The lowest BCUT2D eigenvalue weighted by Gasteiger charge is -2.13. The summed E-state index contributed by atoms with van der Waals surface area (Å²) in [6.07, 6.45) is 2.76. The van der Waals surface area contributed by atoms with Crippen molar-refractivity contribution in [2.75, 3.05) is 13.2 Å². The molecule has 0 fully saturated rings. The predicted octanol–water partition coefficient (Wildman–Crippen LogP) is 3.06. The molecule has 0 spiro atoms. The van der Waals surface area contributed by atoms with Crippen molar-refractivity contribution in [3.05, 3.63) is 42.0 Å². The molecule has 0 aromatic heterocycles. The van der Waals surface area contributed by atoms with Gasteiger partial charge in [-0.25, -0.2) is 0 Å². The zero-order valence-corrected chi connectivity index (χ0v) is 10.3. The minimum absolute atomic E-state index is 0.702. The summed E-state index contributed by atoms with van der Waals surface area (Å²) in [7, 11) is 0. The first-order valence-electron chi connectivity index (χ1n) is 5.82. The first-order valence-corrected chi connectivity index (χ1v) is 5.82. The summed E-state index contributed by atoms with van der Waals surface area (Å²) >= 11 is 0. The molecule has 16 heavy (non-hydrogen) atoms. The number of hydrogen-bond donors (Lipinski definition) is 1. The van der Waals surface area contributed by atoms with Gasteiger partial charge < -0.3 is 10.1 Å². The highest BCUT2D eigenvalue weighted by Gasteiger charge is 2.05. The van der Waals surface area contributed by atoms with Crippen LogP contribution in [0.4, 0.5) is 0 Å². The zero-order chi connectivity index (χ0) is 11.8. The summed E-state index contributed by atoms with van der Waals surface area (Å²) in [6.45, 7) is 10.4. The molecule has 0 heterocycles. The number of para-hydroxylation sites is 1. The van der Waals surface area contributed by atoms with Gasteiger partial charge in [-0.05, 0) is 25.5 Å². The zero-order valence-electron chi connectivity index (χ0n) is 10.3. The molecule has 1 rings (SSSR count). The quantitative estimate of drug-likeness (QED) is 0.562. The molecule has 0 aliphatic carbocycles. The normalized spacial score (nSPS) is 10.1. The monoisotopic (exact) mass is 219 g/mol. The minimum atomic E-state index is 0.702. The molecular weight excluding hydrogens is 198 g/mol. The van der Waals surface area contributed by atoms with Crippen molar-refractivity contribution < 1.29 is 4.74 Å². The molecule has 0 aliphatic rings. The van der Waals surface area contributed by atoms with E-state index in [1.807, 2.05) is 6.08 Å². The molecule has 0 atom stereocenters. The van der Waals surface area contributed by atoms with Crippen molar-refractivity contribution >= 4 is 0 Å². The third-order valence-electron chi connectivity index (χ3n) is 2.43. The van der Waals surface area contributed by atoms with Crippen LogP contribution in [0, 0.1) is 6.92 Å². The average molecular weight is 219 g/mol. The predicted molar refractivity (Wildman–Crippen MR) is 68.9 cm³/mol. The van der Waals surface area contributed by atoms with Gasteiger partial charge in [-0.3, -0.25) is 0 Å². The van der Waals surface area contributed by atoms with Gasteiger partial charge in [0, 0.05) is 12.1 Å². The first-order chi connectivity index (χ1) is 7.79. The summed E-state index contributed by atoms with van der Waals surface area (Å²) in [5.74, 6) is 1.02. The van der Waals surface area contributed by atoms with E-state index < -0.39 is 0 Å². The Hall–Kier alpha value is -1.28. The van der Waals surface area contributed by atoms with Crippen molar-refractivity contribution in [2.24, 2.45) is 0 Å². The van der Waals surface area contributed by atoms with E-state index in [-0.39, 0.29) is 0 Å². The third kappa shape index (κ3) is 3.70. The van der Waals surface area contributed by atoms with Crippen molar-refractivity contribution in [1.82, 2.24) is 5.32 Å². The summed E-state index contributed by atoms with van der Waals surface area (Å²) in [5.41, 5.74) is 2.42. The van der Waals surface area contributed by atoms with Gasteiger partial charge in [0.15, 0.2) is 0 Å². The standard InChI is InChI=1S/C14H21NO/c1-4-6-10-16-14-12(3)8-7-9-13(14)11-15-5-2/h4,7-9,15H,1,5-6,10-11H2,2-3H3. The maximum absolute atomic E-state index is 5.79. The summed E-state index contributed by atoms with van der Waals surface area (Å²) < 4.78 is 5.79. The summed E-state index contributed by atoms with van der Waals surface area (Å²) in [6, 6.07) is 6.26. The maximum Gasteiger partial charge on any atom is 0.126 e. The van der Waals surface area contributed by atoms with E-state index in [9.17, 15) is 0 Å². The van der Waals surface area contributed by atoms with Crippen LogP contribution in [-0.4, -0.2) is 13.2 Å². The Morgan fingerprint density at radius 3 is 2.94 bits per heavy atom. The smallest absolute Gasteiger partial charge is 0.126 e. The van der Waals surface area contributed by atoms with E-state index in [0.29, 0.717) is 6.61 Å². The fraction of sp³-hybridized carbons (Fsp3) is 0.429. The molecule has 1 N–H and O–H groups in total. The van der Waals surface area contributed by atoms with Gasteiger partial charge in [0.2, 0.25) is 0 Å². The van der Waals surface area contributed by atoms with E-state index in [1.165, 1.54) is 11.1 Å². The maximum atomic E-state index is 5.79. The van der Waals surface area contributed by atoms with Crippen molar-refractivity contribution in [2.45, 2.75) is 26.8 Å². The molecule has 0 bridgehead atoms. The second-order valence-corrected chi connectivity index (χ2v) is 3.77. The van der Waals surface area contributed by atoms with E-state index in [4.69, 9.17) is 4.74 Å². The average Bonchev–Trinajstić information content (AvgIpc) is 2.29. The molecule has 0 saturated carbocycles. The fourth-order valence-corrected chi connectivity index (χ4v) is 1.56. The van der Waals surface area contributed by atoms with E-state index in [1.54, 1.807) is 0 Å². The van der Waals surface area contributed by atoms with Crippen molar-refractivity contribution in [3.8, 4) is 5.75 Å². The van der Waals surface area contributed by atoms with Gasteiger partial charge in [-0.15, -0.1) is 6.58 Å². The first kappa shape index (κ1) is 12.8. The van der Waals surface area contributed by atoms with Crippen LogP contribution in [-0.2, 0) is 6.54 Å². The van der Waals surface area contributed by atoms with E-state index in [2.05, 4.69) is 43.9 Å². The number of ether oxygens (including phenoxy) is 1. The molecule has 2 heteroatoms. The van der Waals surface area contributed by atoms with E-state index in [0.717, 1.165) is 25.3 Å². The number of benzene rings is 1. The van der Waals surface area contributed by atoms with Crippen LogP contribution in [0.5, 0.6) is 5.75 Å². The number of rotatable bonds is 7. The van der Waals surface area contributed by atoms with Gasteiger partial charge >= 0.3 is 0 Å². The summed E-state index contributed by atoms with van der Waals surface area (Å²) in [5, 5.41) is 3.32. The highest BCUT2D eigenvalue weighted by atomic mass is 16.5. The number of nitrogens with one attached hydrogen (secondary N) is 1. The van der Waals surface area contributed by atoms with Crippen LogP contribution in [0.2, 0.25) is 0 Å². The number of hydrogen-bond acceptors (Lipinski definition) is 2.